The van der Waals surface area contributed by atoms with Crippen LogP contribution in [-0.4, -0.2) is 19.6 Å². The van der Waals surface area contributed by atoms with Gasteiger partial charge in [0.15, 0.2) is 0 Å². The molecule has 1 aromatic carbocycles. The average Bonchev–Trinajstić information content (AvgIpc) is 2.14. The molecule has 2 nitrogen and oxygen atoms in total. The van der Waals surface area contributed by atoms with Gasteiger partial charge < -0.3 is 10.2 Å². The standard InChI is InChI=1S/C13H21BrN2/c1-13(2,3)15-9-10-6-7-11(14)8-12(10)16(4)5/h6-8,15H,9H2,1-5H3. The second-order valence-electron chi connectivity index (χ2n) is 5.27. The number of hydrogen-bond donors (Lipinski definition) is 1. The van der Waals surface area contributed by atoms with Crippen LogP contribution >= 0.6 is 15.9 Å². The predicted molar refractivity (Wildman–Crippen MR) is 75.1 cm³/mol. The average molecular weight is 285 g/mol. The molecular formula is C13H21BrN2. The lowest BCUT2D eigenvalue weighted by Crippen LogP contribution is -2.35. The Bertz CT molecular complexity index is 353. The third kappa shape index (κ3) is 4.14. The van der Waals surface area contributed by atoms with Gasteiger partial charge in [-0.15, -0.1) is 0 Å². The molecule has 0 amide bonds. The number of nitrogens with one attached hydrogen (secondary N) is 1. The Morgan fingerprint density at radius 3 is 2.38 bits per heavy atom. The van der Waals surface area contributed by atoms with Crippen LogP contribution in [0.25, 0.3) is 0 Å². The predicted octanol–water partition coefficient (Wildman–Crippen LogP) is 3.40. The maximum Gasteiger partial charge on any atom is 0.0417 e. The Labute approximate surface area is 107 Å². The van der Waals surface area contributed by atoms with E-state index in [2.05, 4.69) is 79.2 Å². The molecular weight excluding hydrogens is 264 g/mol. The molecule has 0 unspecified atom stereocenters. The summed E-state index contributed by atoms with van der Waals surface area (Å²) < 4.78 is 1.12. The van der Waals surface area contributed by atoms with Gasteiger partial charge in [0.25, 0.3) is 0 Å². The lowest BCUT2D eigenvalue weighted by atomic mass is 10.1. The Morgan fingerprint density at radius 2 is 1.88 bits per heavy atom. The smallest absolute Gasteiger partial charge is 0.0417 e. The van der Waals surface area contributed by atoms with Gasteiger partial charge in [0.05, 0.1) is 0 Å². The first-order valence-corrected chi connectivity index (χ1v) is 6.30. The van der Waals surface area contributed by atoms with E-state index >= 15 is 0 Å². The monoisotopic (exact) mass is 284 g/mol. The van der Waals surface area contributed by atoms with Crippen LogP contribution in [0.15, 0.2) is 22.7 Å². The summed E-state index contributed by atoms with van der Waals surface area (Å²) in [5, 5.41) is 3.51. The first kappa shape index (κ1) is 13.5. The summed E-state index contributed by atoms with van der Waals surface area (Å²) in [6.45, 7) is 7.44. The number of halogens is 1. The number of hydrogen-bond acceptors (Lipinski definition) is 2. The maximum atomic E-state index is 3.51. The zero-order chi connectivity index (χ0) is 12.3. The molecule has 1 N–H and O–H groups in total. The summed E-state index contributed by atoms with van der Waals surface area (Å²) in [5.74, 6) is 0. The molecule has 0 fully saturated rings. The van der Waals surface area contributed by atoms with E-state index in [0.717, 1.165) is 11.0 Å². The van der Waals surface area contributed by atoms with Crippen LogP contribution < -0.4 is 10.2 Å². The molecule has 0 aromatic heterocycles. The van der Waals surface area contributed by atoms with E-state index in [0.29, 0.717) is 0 Å². The third-order valence-corrected chi connectivity index (χ3v) is 2.83. The van der Waals surface area contributed by atoms with Crippen LogP contribution in [0, 0.1) is 0 Å². The maximum absolute atomic E-state index is 3.51. The molecule has 90 valence electrons. The Balaban J connectivity index is 2.87. The fraction of sp³-hybridized carbons (Fsp3) is 0.538. The zero-order valence-corrected chi connectivity index (χ0v) is 12.4. The van der Waals surface area contributed by atoms with Gasteiger partial charge in [-0.2, -0.15) is 0 Å². The van der Waals surface area contributed by atoms with Gasteiger partial charge in [-0.1, -0.05) is 22.0 Å². The van der Waals surface area contributed by atoms with E-state index in [9.17, 15) is 0 Å². The molecule has 0 radical (unpaired) electrons. The van der Waals surface area contributed by atoms with Crippen molar-refractivity contribution in [3.63, 3.8) is 0 Å². The van der Waals surface area contributed by atoms with Crippen molar-refractivity contribution in [3.8, 4) is 0 Å². The lowest BCUT2D eigenvalue weighted by molar-refractivity contribution is 0.424. The molecule has 0 spiro atoms. The summed E-state index contributed by atoms with van der Waals surface area (Å²) in [7, 11) is 4.14. The SMILES string of the molecule is CN(C)c1cc(Br)ccc1CNC(C)(C)C. The van der Waals surface area contributed by atoms with Crippen molar-refractivity contribution in [2.24, 2.45) is 0 Å². The molecule has 0 aliphatic heterocycles. The van der Waals surface area contributed by atoms with E-state index in [1.807, 2.05) is 0 Å². The van der Waals surface area contributed by atoms with Gasteiger partial charge in [0, 0.05) is 36.3 Å². The topological polar surface area (TPSA) is 15.3 Å². The van der Waals surface area contributed by atoms with Crippen molar-refractivity contribution in [1.29, 1.82) is 0 Å². The fourth-order valence-corrected chi connectivity index (χ4v) is 1.81. The van der Waals surface area contributed by atoms with Crippen LogP contribution in [0.2, 0.25) is 0 Å². The molecule has 1 rings (SSSR count). The van der Waals surface area contributed by atoms with Crippen molar-refractivity contribution in [2.75, 3.05) is 19.0 Å². The van der Waals surface area contributed by atoms with Crippen molar-refractivity contribution in [1.82, 2.24) is 5.32 Å². The normalized spacial score (nSPS) is 11.6. The van der Waals surface area contributed by atoms with Crippen molar-refractivity contribution >= 4 is 21.6 Å². The van der Waals surface area contributed by atoms with E-state index < -0.39 is 0 Å². The van der Waals surface area contributed by atoms with Crippen molar-refractivity contribution < 1.29 is 0 Å². The second-order valence-corrected chi connectivity index (χ2v) is 6.19. The van der Waals surface area contributed by atoms with E-state index in [1.54, 1.807) is 0 Å². The molecule has 0 heterocycles. The van der Waals surface area contributed by atoms with Gasteiger partial charge in [0.2, 0.25) is 0 Å². The molecule has 1 aromatic rings. The van der Waals surface area contributed by atoms with Crippen LogP contribution in [0.5, 0.6) is 0 Å². The number of anilines is 1. The third-order valence-electron chi connectivity index (χ3n) is 2.34. The minimum Gasteiger partial charge on any atom is -0.377 e. The zero-order valence-electron chi connectivity index (χ0n) is 10.8. The highest BCUT2D eigenvalue weighted by atomic mass is 79.9. The second kappa shape index (κ2) is 5.19. The first-order valence-electron chi connectivity index (χ1n) is 5.50. The number of nitrogens with zero attached hydrogens (tertiary/aromatic N) is 1. The largest absolute Gasteiger partial charge is 0.377 e. The summed E-state index contributed by atoms with van der Waals surface area (Å²) in [4.78, 5) is 2.14. The minimum absolute atomic E-state index is 0.149. The van der Waals surface area contributed by atoms with Crippen LogP contribution in [0.4, 0.5) is 5.69 Å². The van der Waals surface area contributed by atoms with E-state index in [1.165, 1.54) is 11.3 Å². The minimum atomic E-state index is 0.149. The Kier molecular flexibility index (Phi) is 4.39. The fourth-order valence-electron chi connectivity index (χ4n) is 1.46. The molecule has 0 aliphatic carbocycles. The summed E-state index contributed by atoms with van der Waals surface area (Å²) >= 11 is 3.51. The highest BCUT2D eigenvalue weighted by Crippen LogP contribution is 2.24. The quantitative estimate of drug-likeness (QED) is 0.915. The van der Waals surface area contributed by atoms with E-state index in [-0.39, 0.29) is 5.54 Å². The van der Waals surface area contributed by atoms with Gasteiger partial charge >= 0.3 is 0 Å². The molecule has 0 bridgehead atoms. The molecule has 0 saturated carbocycles. The molecule has 0 saturated heterocycles. The van der Waals surface area contributed by atoms with Crippen LogP contribution in [0.3, 0.4) is 0 Å². The van der Waals surface area contributed by atoms with Gasteiger partial charge in [-0.25, -0.2) is 0 Å². The Hall–Kier alpha value is -0.540. The number of rotatable bonds is 3. The summed E-state index contributed by atoms with van der Waals surface area (Å²) in [6.07, 6.45) is 0. The van der Waals surface area contributed by atoms with Crippen molar-refractivity contribution in [3.05, 3.63) is 28.2 Å². The summed E-state index contributed by atoms with van der Waals surface area (Å²) in [6, 6.07) is 6.41. The highest BCUT2D eigenvalue weighted by Gasteiger charge is 2.11. The lowest BCUT2D eigenvalue weighted by Gasteiger charge is -2.23. The molecule has 0 atom stereocenters. The van der Waals surface area contributed by atoms with Gasteiger partial charge in [-0.05, 0) is 38.5 Å². The molecule has 16 heavy (non-hydrogen) atoms. The summed E-state index contributed by atoms with van der Waals surface area (Å²) in [5.41, 5.74) is 2.73. The Morgan fingerprint density at radius 1 is 1.25 bits per heavy atom. The van der Waals surface area contributed by atoms with Crippen LogP contribution in [-0.2, 0) is 6.54 Å². The molecule has 3 heteroatoms. The highest BCUT2D eigenvalue weighted by molar-refractivity contribution is 9.10. The van der Waals surface area contributed by atoms with Gasteiger partial charge in [-0.3, -0.25) is 0 Å². The van der Waals surface area contributed by atoms with E-state index in [4.69, 9.17) is 0 Å². The first-order chi connectivity index (χ1) is 7.29. The van der Waals surface area contributed by atoms with Crippen molar-refractivity contribution in [2.45, 2.75) is 32.9 Å². The number of benzene rings is 1. The van der Waals surface area contributed by atoms with Gasteiger partial charge in [0.1, 0.15) is 0 Å². The molecule has 0 aliphatic rings. The van der Waals surface area contributed by atoms with Crippen LogP contribution in [0.1, 0.15) is 26.3 Å².